The van der Waals surface area contributed by atoms with Gasteiger partial charge in [-0.15, -0.1) is 0 Å². The second kappa shape index (κ2) is 8.25. The van der Waals surface area contributed by atoms with Crippen LogP contribution in [0.25, 0.3) is 0 Å². The van der Waals surface area contributed by atoms with Gasteiger partial charge in [-0.25, -0.2) is 13.3 Å². The van der Waals surface area contributed by atoms with Crippen LogP contribution in [-0.2, 0) is 15.7 Å². The van der Waals surface area contributed by atoms with E-state index in [2.05, 4.69) is 18.8 Å². The zero-order chi connectivity index (χ0) is 18.7. The number of ether oxygens (including phenoxy) is 1. The SMILES string of the molecule is C=C1/C=C\C(Cl)=C/COCCN1C(=O)NCC1(C)CN(S(=O)C2CC2)C1. The number of carbonyl (C=O) groups excluding carboxylic acids is 1. The normalized spacial score (nSPS) is 28.5. The Bertz CT molecular complexity index is 654. The zero-order valence-corrected chi connectivity index (χ0v) is 16.7. The van der Waals surface area contributed by atoms with Crippen LogP contribution in [0.4, 0.5) is 4.79 Å². The van der Waals surface area contributed by atoms with E-state index in [4.69, 9.17) is 16.3 Å². The highest BCUT2D eigenvalue weighted by atomic mass is 35.5. The van der Waals surface area contributed by atoms with E-state index >= 15 is 0 Å². The number of hydrogen-bond donors (Lipinski definition) is 1. The highest BCUT2D eigenvalue weighted by molar-refractivity contribution is 7.83. The molecule has 3 aliphatic rings. The van der Waals surface area contributed by atoms with Crippen LogP contribution in [0.15, 0.2) is 35.5 Å². The molecule has 1 saturated carbocycles. The maximum Gasteiger partial charge on any atom is 0.321 e. The van der Waals surface area contributed by atoms with Crippen LogP contribution in [0.2, 0.25) is 0 Å². The minimum atomic E-state index is -0.848. The Morgan fingerprint density at radius 2 is 2.19 bits per heavy atom. The molecule has 2 aliphatic heterocycles. The highest BCUT2D eigenvalue weighted by Crippen LogP contribution is 2.36. The van der Waals surface area contributed by atoms with Gasteiger partial charge in [-0.2, -0.15) is 0 Å². The van der Waals surface area contributed by atoms with Crippen molar-refractivity contribution in [3.8, 4) is 0 Å². The Kier molecular flexibility index (Phi) is 6.22. The molecule has 8 heteroatoms. The Balaban J connectivity index is 1.51. The average Bonchev–Trinajstić information content (AvgIpc) is 3.42. The first kappa shape index (κ1) is 19.6. The predicted molar refractivity (Wildman–Crippen MR) is 104 cm³/mol. The lowest BCUT2D eigenvalue weighted by atomic mass is 9.84. The summed E-state index contributed by atoms with van der Waals surface area (Å²) in [6.07, 6.45) is 7.35. The van der Waals surface area contributed by atoms with Crippen molar-refractivity contribution in [2.24, 2.45) is 5.41 Å². The van der Waals surface area contributed by atoms with Gasteiger partial charge in [-0.1, -0.05) is 25.1 Å². The molecule has 26 heavy (non-hydrogen) atoms. The van der Waals surface area contributed by atoms with Gasteiger partial charge in [-0.3, -0.25) is 4.90 Å². The van der Waals surface area contributed by atoms with E-state index in [0.717, 1.165) is 25.9 Å². The lowest BCUT2D eigenvalue weighted by Crippen LogP contribution is -2.60. The predicted octanol–water partition coefficient (Wildman–Crippen LogP) is 2.37. The molecule has 0 bridgehead atoms. The third kappa shape index (κ3) is 4.97. The molecule has 6 nitrogen and oxygen atoms in total. The molecule has 2 amide bonds. The fourth-order valence-electron chi connectivity index (χ4n) is 3.00. The largest absolute Gasteiger partial charge is 0.375 e. The lowest BCUT2D eigenvalue weighted by Gasteiger charge is -2.47. The van der Waals surface area contributed by atoms with Gasteiger partial charge in [-0.05, 0) is 31.1 Å². The van der Waals surface area contributed by atoms with Gasteiger partial charge in [0.05, 0.1) is 30.7 Å². The fraction of sp³-hybridized carbons (Fsp3) is 0.611. The molecule has 1 atom stereocenters. The number of amides is 2. The molecule has 2 fully saturated rings. The maximum atomic E-state index is 12.6. The molecule has 0 aromatic heterocycles. The molecule has 2 heterocycles. The summed E-state index contributed by atoms with van der Waals surface area (Å²) < 4.78 is 19.6. The summed E-state index contributed by atoms with van der Waals surface area (Å²) in [6.45, 7) is 9.35. The minimum Gasteiger partial charge on any atom is -0.375 e. The van der Waals surface area contributed by atoms with Gasteiger partial charge < -0.3 is 10.1 Å². The molecule has 0 spiro atoms. The molecule has 144 valence electrons. The summed E-state index contributed by atoms with van der Waals surface area (Å²) >= 11 is 6.03. The number of carbonyl (C=O) groups is 1. The van der Waals surface area contributed by atoms with E-state index in [9.17, 15) is 9.00 Å². The Labute approximate surface area is 162 Å². The Morgan fingerprint density at radius 1 is 1.46 bits per heavy atom. The minimum absolute atomic E-state index is 0.0446. The second-order valence-electron chi connectivity index (χ2n) is 7.38. The van der Waals surface area contributed by atoms with Crippen molar-refractivity contribution < 1.29 is 13.7 Å². The smallest absolute Gasteiger partial charge is 0.321 e. The molecular formula is C18H26ClN3O3S. The van der Waals surface area contributed by atoms with Crippen molar-refractivity contribution in [2.75, 3.05) is 39.4 Å². The van der Waals surface area contributed by atoms with Crippen molar-refractivity contribution in [3.63, 3.8) is 0 Å². The number of rotatable bonds is 4. The number of nitrogens with zero attached hydrogens (tertiary/aromatic N) is 2. The zero-order valence-electron chi connectivity index (χ0n) is 15.1. The monoisotopic (exact) mass is 399 g/mol. The third-order valence-electron chi connectivity index (χ3n) is 4.73. The first-order chi connectivity index (χ1) is 12.4. The van der Waals surface area contributed by atoms with Crippen LogP contribution in [0, 0.1) is 5.41 Å². The maximum absolute atomic E-state index is 12.6. The van der Waals surface area contributed by atoms with Crippen LogP contribution in [0.1, 0.15) is 19.8 Å². The van der Waals surface area contributed by atoms with E-state index in [1.165, 1.54) is 0 Å². The Morgan fingerprint density at radius 3 is 2.88 bits per heavy atom. The fourth-order valence-corrected chi connectivity index (χ4v) is 4.96. The number of allylic oxidation sites excluding steroid dienone is 3. The average molecular weight is 400 g/mol. The molecule has 1 saturated heterocycles. The molecule has 0 aromatic rings. The number of nitrogens with one attached hydrogen (secondary N) is 1. The second-order valence-corrected chi connectivity index (χ2v) is 9.56. The van der Waals surface area contributed by atoms with Crippen LogP contribution >= 0.6 is 11.6 Å². The summed E-state index contributed by atoms with van der Waals surface area (Å²) in [5, 5.41) is 3.90. The number of halogens is 1. The standard InChI is InChI=1S/C18H26ClN3O3S/c1-14-3-4-15(19)7-9-25-10-8-22(14)17(23)20-11-18(2)12-21(13-18)26(24)16-5-6-16/h3-4,7,16H,1,5-6,8-13H2,2H3,(H,20,23)/b4-3-,15-7+. The summed E-state index contributed by atoms with van der Waals surface area (Å²) in [5.41, 5.74) is 0.520. The molecule has 1 N–H and O–H groups in total. The molecular weight excluding hydrogens is 374 g/mol. The summed E-state index contributed by atoms with van der Waals surface area (Å²) in [6, 6.07) is -0.202. The van der Waals surface area contributed by atoms with Gasteiger partial charge in [0, 0.05) is 41.0 Å². The lowest BCUT2D eigenvalue weighted by molar-refractivity contribution is 0.0931. The number of hydrogen-bond acceptors (Lipinski definition) is 3. The molecule has 1 aliphatic carbocycles. The van der Waals surface area contributed by atoms with Gasteiger partial charge >= 0.3 is 6.03 Å². The van der Waals surface area contributed by atoms with E-state index in [1.807, 2.05) is 4.31 Å². The number of urea groups is 1. The van der Waals surface area contributed by atoms with Gasteiger partial charge in [0.1, 0.15) is 0 Å². The molecule has 0 radical (unpaired) electrons. The van der Waals surface area contributed by atoms with Crippen molar-refractivity contribution in [2.45, 2.75) is 25.0 Å². The Hall–Kier alpha value is -1.15. The topological polar surface area (TPSA) is 61.9 Å². The molecule has 1 unspecified atom stereocenters. The first-order valence-corrected chi connectivity index (χ1v) is 10.4. The first-order valence-electron chi connectivity index (χ1n) is 8.89. The van der Waals surface area contributed by atoms with Crippen molar-refractivity contribution >= 4 is 28.6 Å². The highest BCUT2D eigenvalue weighted by Gasteiger charge is 2.45. The van der Waals surface area contributed by atoms with Gasteiger partial charge in [0.15, 0.2) is 0 Å². The van der Waals surface area contributed by atoms with E-state index < -0.39 is 11.0 Å². The van der Waals surface area contributed by atoms with E-state index in [0.29, 0.717) is 42.3 Å². The van der Waals surface area contributed by atoms with E-state index in [1.54, 1.807) is 23.1 Å². The van der Waals surface area contributed by atoms with Gasteiger partial charge in [0.25, 0.3) is 0 Å². The van der Waals surface area contributed by atoms with Crippen molar-refractivity contribution in [1.29, 1.82) is 0 Å². The van der Waals surface area contributed by atoms with Crippen LogP contribution in [-0.4, -0.2) is 64.1 Å². The summed E-state index contributed by atoms with van der Waals surface area (Å²) in [5.74, 6) is 0. The third-order valence-corrected chi connectivity index (χ3v) is 6.82. The summed E-state index contributed by atoms with van der Waals surface area (Å²) in [4.78, 5) is 14.2. The summed E-state index contributed by atoms with van der Waals surface area (Å²) in [7, 11) is -0.848. The van der Waals surface area contributed by atoms with Crippen molar-refractivity contribution in [1.82, 2.24) is 14.5 Å². The van der Waals surface area contributed by atoms with Crippen LogP contribution in [0.5, 0.6) is 0 Å². The molecule has 0 aromatic carbocycles. The van der Waals surface area contributed by atoms with Crippen molar-refractivity contribution in [3.05, 3.63) is 35.5 Å². The quantitative estimate of drug-likeness (QED) is 0.789. The van der Waals surface area contributed by atoms with E-state index in [-0.39, 0.29) is 11.4 Å². The van der Waals surface area contributed by atoms with Crippen LogP contribution in [0.3, 0.4) is 0 Å². The van der Waals surface area contributed by atoms with Crippen LogP contribution < -0.4 is 5.32 Å². The molecule has 3 rings (SSSR count). The van der Waals surface area contributed by atoms with Gasteiger partial charge in [0.2, 0.25) is 0 Å².